The molecule has 0 aliphatic carbocycles. The molecule has 2 N–H and O–H groups in total. The minimum Gasteiger partial charge on any atom is -0.387 e. The predicted octanol–water partition coefficient (Wildman–Crippen LogP) is -0.0841. The topological polar surface area (TPSA) is 50.1 Å². The zero-order valence-electron chi connectivity index (χ0n) is 7.82. The van der Waals surface area contributed by atoms with Crippen molar-refractivity contribution in [1.82, 2.24) is 14.9 Å². The first kappa shape index (κ1) is 8.72. The summed E-state index contributed by atoms with van der Waals surface area (Å²) in [5.41, 5.74) is -0.578. The van der Waals surface area contributed by atoms with E-state index in [0.29, 0.717) is 13.1 Å². The lowest BCUT2D eigenvalue weighted by molar-refractivity contribution is 0.0426. The summed E-state index contributed by atoms with van der Waals surface area (Å²) in [5.74, 6) is 0.959. The van der Waals surface area contributed by atoms with Gasteiger partial charge in [0, 0.05) is 18.9 Å². The van der Waals surface area contributed by atoms with Gasteiger partial charge in [-0.05, 0) is 19.9 Å². The van der Waals surface area contributed by atoms with Crippen LogP contribution in [-0.2, 0) is 6.54 Å². The van der Waals surface area contributed by atoms with Crippen molar-refractivity contribution in [2.75, 3.05) is 13.1 Å². The zero-order chi connectivity index (χ0) is 9.31. The van der Waals surface area contributed by atoms with E-state index >= 15 is 0 Å². The Labute approximate surface area is 77.6 Å². The number of nitrogens with one attached hydrogen (secondary N) is 1. The Hall–Kier alpha value is -0.870. The molecule has 2 rings (SSSR count). The van der Waals surface area contributed by atoms with Gasteiger partial charge in [-0.15, -0.1) is 0 Å². The van der Waals surface area contributed by atoms with E-state index in [4.69, 9.17) is 0 Å². The van der Waals surface area contributed by atoms with Gasteiger partial charge in [0.1, 0.15) is 5.82 Å². The van der Waals surface area contributed by atoms with Crippen molar-refractivity contribution >= 4 is 0 Å². The number of aliphatic hydroxyl groups is 1. The normalized spacial score (nSPS) is 28.2. The third-order valence-corrected chi connectivity index (χ3v) is 2.61. The molecule has 4 nitrogen and oxygen atoms in total. The minimum atomic E-state index is -0.578. The first-order valence-corrected chi connectivity index (χ1v) is 4.60. The third kappa shape index (κ3) is 1.73. The van der Waals surface area contributed by atoms with Crippen molar-refractivity contribution in [2.24, 2.45) is 0 Å². The fraction of sp³-hybridized carbons (Fsp3) is 0.667. The lowest BCUT2D eigenvalue weighted by atomic mass is 10.0. The first-order valence-electron chi connectivity index (χ1n) is 4.60. The molecule has 72 valence electrons. The van der Waals surface area contributed by atoms with Crippen LogP contribution in [0.1, 0.15) is 12.2 Å². The molecule has 1 fully saturated rings. The van der Waals surface area contributed by atoms with Crippen LogP contribution < -0.4 is 5.32 Å². The molecule has 0 amide bonds. The largest absolute Gasteiger partial charge is 0.387 e. The van der Waals surface area contributed by atoms with E-state index in [1.165, 1.54) is 0 Å². The van der Waals surface area contributed by atoms with E-state index in [1.54, 1.807) is 6.20 Å². The van der Waals surface area contributed by atoms with Gasteiger partial charge >= 0.3 is 0 Å². The van der Waals surface area contributed by atoms with Crippen LogP contribution in [0.15, 0.2) is 12.4 Å². The van der Waals surface area contributed by atoms with Gasteiger partial charge < -0.3 is 15.0 Å². The van der Waals surface area contributed by atoms with Gasteiger partial charge in [-0.2, -0.15) is 0 Å². The van der Waals surface area contributed by atoms with Gasteiger partial charge in [0.25, 0.3) is 0 Å². The minimum absolute atomic E-state index is 0.578. The summed E-state index contributed by atoms with van der Waals surface area (Å²) >= 11 is 0. The number of β-amino-alcohol motifs (C(OH)–C–C–N with tert-alkyl or cyclic N) is 1. The molecular formula is C9H15N3O. The fourth-order valence-corrected chi connectivity index (χ4v) is 1.75. The van der Waals surface area contributed by atoms with Gasteiger partial charge in [-0.25, -0.2) is 4.98 Å². The summed E-state index contributed by atoms with van der Waals surface area (Å²) in [6.07, 6.45) is 4.50. The SMILES string of the molecule is Cc1nccn1CC1(O)CCNC1. The van der Waals surface area contributed by atoms with E-state index in [1.807, 2.05) is 17.7 Å². The predicted molar refractivity (Wildman–Crippen MR) is 49.4 cm³/mol. The van der Waals surface area contributed by atoms with Gasteiger partial charge in [0.15, 0.2) is 0 Å². The Morgan fingerprint density at radius 3 is 3.15 bits per heavy atom. The van der Waals surface area contributed by atoms with Crippen LogP contribution in [0.3, 0.4) is 0 Å². The second-order valence-electron chi connectivity index (χ2n) is 3.75. The molecule has 1 atom stereocenters. The maximum atomic E-state index is 10.1. The van der Waals surface area contributed by atoms with Gasteiger partial charge in [-0.1, -0.05) is 0 Å². The summed E-state index contributed by atoms with van der Waals surface area (Å²) in [5, 5.41) is 13.2. The highest BCUT2D eigenvalue weighted by molar-refractivity contribution is 4.95. The van der Waals surface area contributed by atoms with Crippen molar-refractivity contribution in [3.05, 3.63) is 18.2 Å². The summed E-state index contributed by atoms with van der Waals surface area (Å²) in [6, 6.07) is 0. The van der Waals surface area contributed by atoms with Crippen molar-refractivity contribution in [3.8, 4) is 0 Å². The Morgan fingerprint density at radius 2 is 2.62 bits per heavy atom. The van der Waals surface area contributed by atoms with Crippen molar-refractivity contribution in [2.45, 2.75) is 25.5 Å². The number of hydrogen-bond acceptors (Lipinski definition) is 3. The van der Waals surface area contributed by atoms with Crippen molar-refractivity contribution < 1.29 is 5.11 Å². The molecule has 1 unspecified atom stereocenters. The highest BCUT2D eigenvalue weighted by Gasteiger charge is 2.31. The highest BCUT2D eigenvalue weighted by Crippen LogP contribution is 2.17. The van der Waals surface area contributed by atoms with Crippen LogP contribution >= 0.6 is 0 Å². The number of imidazole rings is 1. The third-order valence-electron chi connectivity index (χ3n) is 2.61. The van der Waals surface area contributed by atoms with E-state index in [2.05, 4.69) is 10.3 Å². The summed E-state index contributed by atoms with van der Waals surface area (Å²) in [7, 11) is 0. The zero-order valence-corrected chi connectivity index (χ0v) is 7.82. The Balaban J connectivity index is 2.09. The molecule has 0 aromatic carbocycles. The monoisotopic (exact) mass is 181 g/mol. The lowest BCUT2D eigenvalue weighted by Crippen LogP contribution is -2.36. The molecule has 1 aliphatic rings. The van der Waals surface area contributed by atoms with Crippen LogP contribution in [0.5, 0.6) is 0 Å². The van der Waals surface area contributed by atoms with Crippen LogP contribution in [0.2, 0.25) is 0 Å². The van der Waals surface area contributed by atoms with E-state index in [9.17, 15) is 5.11 Å². The van der Waals surface area contributed by atoms with Gasteiger partial charge in [-0.3, -0.25) is 0 Å². The second-order valence-corrected chi connectivity index (χ2v) is 3.75. The van der Waals surface area contributed by atoms with E-state index in [-0.39, 0.29) is 0 Å². The quantitative estimate of drug-likeness (QED) is 0.670. The average molecular weight is 181 g/mol. The second kappa shape index (κ2) is 3.12. The number of aromatic nitrogens is 2. The molecule has 0 spiro atoms. The lowest BCUT2D eigenvalue weighted by Gasteiger charge is -2.22. The molecule has 2 heterocycles. The fourth-order valence-electron chi connectivity index (χ4n) is 1.75. The Morgan fingerprint density at radius 1 is 1.77 bits per heavy atom. The van der Waals surface area contributed by atoms with Gasteiger partial charge in [0.2, 0.25) is 0 Å². The van der Waals surface area contributed by atoms with Crippen LogP contribution in [0.25, 0.3) is 0 Å². The number of rotatable bonds is 2. The van der Waals surface area contributed by atoms with E-state index in [0.717, 1.165) is 18.8 Å². The number of nitrogens with zero attached hydrogens (tertiary/aromatic N) is 2. The standard InChI is InChI=1S/C9H15N3O/c1-8-11-4-5-12(8)7-9(13)2-3-10-6-9/h4-5,10,13H,2-3,6-7H2,1H3. The summed E-state index contributed by atoms with van der Waals surface area (Å²) in [6.45, 7) is 4.19. The molecular weight excluding hydrogens is 166 g/mol. The molecule has 1 aromatic rings. The molecule has 0 bridgehead atoms. The van der Waals surface area contributed by atoms with Gasteiger partial charge in [0.05, 0.1) is 12.1 Å². The van der Waals surface area contributed by atoms with Crippen molar-refractivity contribution in [1.29, 1.82) is 0 Å². The van der Waals surface area contributed by atoms with Crippen LogP contribution in [0.4, 0.5) is 0 Å². The van der Waals surface area contributed by atoms with E-state index < -0.39 is 5.60 Å². The molecule has 0 saturated carbocycles. The maximum Gasteiger partial charge on any atom is 0.105 e. The average Bonchev–Trinajstić information content (AvgIpc) is 2.64. The molecule has 4 heteroatoms. The molecule has 1 aliphatic heterocycles. The van der Waals surface area contributed by atoms with Crippen LogP contribution in [-0.4, -0.2) is 33.3 Å². The van der Waals surface area contributed by atoms with Crippen molar-refractivity contribution in [3.63, 3.8) is 0 Å². The summed E-state index contributed by atoms with van der Waals surface area (Å²) < 4.78 is 1.99. The Kier molecular flexibility index (Phi) is 2.09. The Bertz CT molecular complexity index is 289. The number of aryl methyl sites for hydroxylation is 1. The highest BCUT2D eigenvalue weighted by atomic mass is 16.3. The van der Waals surface area contributed by atoms with Crippen LogP contribution in [0, 0.1) is 6.92 Å². The molecule has 0 radical (unpaired) electrons. The molecule has 13 heavy (non-hydrogen) atoms. The first-order chi connectivity index (χ1) is 6.20. The summed E-state index contributed by atoms with van der Waals surface area (Å²) in [4.78, 5) is 4.12. The maximum absolute atomic E-state index is 10.1. The smallest absolute Gasteiger partial charge is 0.105 e. The molecule has 1 aromatic heterocycles. The molecule has 1 saturated heterocycles. The number of hydrogen-bond donors (Lipinski definition) is 2.